The van der Waals surface area contributed by atoms with Crippen LogP contribution < -0.4 is 5.32 Å². The standard InChI is InChI=1S/C11H12FNO2.ClH/c1-6-2-7-4-10(11(14)15)13-5-8(7)9(12)3-6;/h2-3,10,13H,4-5H2,1H3,(H,14,15);1H/t10-;/m1./s1. The van der Waals surface area contributed by atoms with E-state index in [4.69, 9.17) is 5.11 Å². The summed E-state index contributed by atoms with van der Waals surface area (Å²) < 4.78 is 13.5. The van der Waals surface area contributed by atoms with E-state index in [1.54, 1.807) is 6.92 Å². The van der Waals surface area contributed by atoms with Gasteiger partial charge in [0.1, 0.15) is 11.9 Å². The first-order chi connectivity index (χ1) is 7.08. The highest BCUT2D eigenvalue weighted by molar-refractivity contribution is 5.85. The van der Waals surface area contributed by atoms with Gasteiger partial charge in [0.15, 0.2) is 0 Å². The highest BCUT2D eigenvalue weighted by Crippen LogP contribution is 2.21. The van der Waals surface area contributed by atoms with Gasteiger partial charge >= 0.3 is 5.97 Å². The van der Waals surface area contributed by atoms with Crippen LogP contribution in [0.15, 0.2) is 12.1 Å². The van der Waals surface area contributed by atoms with Gasteiger partial charge in [0, 0.05) is 12.1 Å². The van der Waals surface area contributed by atoms with Crippen molar-refractivity contribution in [2.75, 3.05) is 0 Å². The predicted molar refractivity (Wildman–Crippen MR) is 60.4 cm³/mol. The molecule has 16 heavy (non-hydrogen) atoms. The third kappa shape index (κ3) is 2.33. The van der Waals surface area contributed by atoms with Crippen molar-refractivity contribution in [1.29, 1.82) is 0 Å². The number of hydrogen-bond donors (Lipinski definition) is 2. The van der Waals surface area contributed by atoms with Gasteiger partial charge in [-0.3, -0.25) is 10.1 Å². The average Bonchev–Trinajstić information content (AvgIpc) is 2.16. The van der Waals surface area contributed by atoms with Crippen molar-refractivity contribution in [3.63, 3.8) is 0 Å². The molecule has 0 aromatic heterocycles. The van der Waals surface area contributed by atoms with E-state index in [2.05, 4.69) is 5.32 Å². The topological polar surface area (TPSA) is 49.3 Å². The van der Waals surface area contributed by atoms with Crippen molar-refractivity contribution < 1.29 is 14.3 Å². The molecule has 0 spiro atoms. The zero-order chi connectivity index (χ0) is 11.0. The minimum atomic E-state index is -0.887. The van der Waals surface area contributed by atoms with Crippen LogP contribution in [0, 0.1) is 12.7 Å². The first-order valence-electron chi connectivity index (χ1n) is 4.82. The Morgan fingerprint density at radius 2 is 2.25 bits per heavy atom. The fourth-order valence-electron chi connectivity index (χ4n) is 1.92. The van der Waals surface area contributed by atoms with Crippen LogP contribution in [-0.2, 0) is 17.8 Å². The van der Waals surface area contributed by atoms with Gasteiger partial charge in [-0.25, -0.2) is 4.39 Å². The van der Waals surface area contributed by atoms with E-state index in [1.807, 2.05) is 6.07 Å². The Kier molecular flexibility index (Phi) is 3.88. The van der Waals surface area contributed by atoms with E-state index in [0.29, 0.717) is 18.5 Å². The molecule has 1 heterocycles. The summed E-state index contributed by atoms with van der Waals surface area (Å²) in [6, 6.07) is 2.73. The molecule has 3 nitrogen and oxygen atoms in total. The zero-order valence-corrected chi connectivity index (χ0v) is 9.60. The lowest BCUT2D eigenvalue weighted by Crippen LogP contribution is -2.42. The van der Waals surface area contributed by atoms with Crippen molar-refractivity contribution >= 4 is 18.4 Å². The summed E-state index contributed by atoms with van der Waals surface area (Å²) in [4.78, 5) is 10.8. The minimum Gasteiger partial charge on any atom is -0.480 e. The Balaban J connectivity index is 0.00000128. The van der Waals surface area contributed by atoms with Crippen LogP contribution in [0.5, 0.6) is 0 Å². The second kappa shape index (κ2) is 4.80. The summed E-state index contributed by atoms with van der Waals surface area (Å²) in [6.07, 6.45) is 0.350. The summed E-state index contributed by atoms with van der Waals surface area (Å²) >= 11 is 0. The monoisotopic (exact) mass is 245 g/mol. The maximum atomic E-state index is 13.5. The molecular formula is C11H13ClFNO2. The normalized spacial score (nSPS) is 18.5. The molecule has 88 valence electrons. The summed E-state index contributed by atoms with van der Waals surface area (Å²) in [5.41, 5.74) is 2.23. The van der Waals surface area contributed by atoms with Crippen molar-refractivity contribution in [2.24, 2.45) is 0 Å². The van der Waals surface area contributed by atoms with Crippen molar-refractivity contribution in [3.05, 3.63) is 34.6 Å². The number of halogens is 2. The van der Waals surface area contributed by atoms with Gasteiger partial charge in [-0.15, -0.1) is 12.4 Å². The number of benzene rings is 1. The van der Waals surface area contributed by atoms with Gasteiger partial charge in [-0.1, -0.05) is 6.07 Å². The lowest BCUT2D eigenvalue weighted by Gasteiger charge is -2.23. The lowest BCUT2D eigenvalue weighted by molar-refractivity contribution is -0.139. The molecule has 0 bridgehead atoms. The third-order valence-electron chi connectivity index (χ3n) is 2.68. The molecular weight excluding hydrogens is 233 g/mol. The number of carbonyl (C=O) groups is 1. The van der Waals surface area contributed by atoms with Crippen molar-refractivity contribution in [1.82, 2.24) is 5.32 Å². The smallest absolute Gasteiger partial charge is 0.321 e. The lowest BCUT2D eigenvalue weighted by atomic mass is 9.94. The minimum absolute atomic E-state index is 0. The number of fused-ring (bicyclic) bond motifs is 1. The van der Waals surface area contributed by atoms with Gasteiger partial charge in [-0.05, 0) is 30.5 Å². The maximum absolute atomic E-state index is 13.5. The first kappa shape index (κ1) is 12.9. The molecule has 0 fully saturated rings. The SMILES string of the molecule is Cc1cc(F)c2c(c1)C[C@H](C(=O)O)NC2.Cl. The quantitative estimate of drug-likeness (QED) is 0.791. The molecule has 1 aliphatic heterocycles. The average molecular weight is 246 g/mol. The number of rotatable bonds is 1. The van der Waals surface area contributed by atoms with Crippen molar-refractivity contribution in [3.8, 4) is 0 Å². The molecule has 1 atom stereocenters. The van der Waals surface area contributed by atoms with Crippen LogP contribution in [0.2, 0.25) is 0 Å². The number of carboxylic acid groups (broad SMARTS) is 1. The number of carboxylic acids is 1. The van der Waals surface area contributed by atoms with E-state index in [-0.39, 0.29) is 18.2 Å². The molecule has 0 aliphatic carbocycles. The highest BCUT2D eigenvalue weighted by Gasteiger charge is 2.25. The summed E-state index contributed by atoms with van der Waals surface area (Å²) in [5.74, 6) is -1.14. The van der Waals surface area contributed by atoms with E-state index < -0.39 is 12.0 Å². The molecule has 0 saturated heterocycles. The molecule has 1 aliphatic rings. The second-order valence-electron chi connectivity index (χ2n) is 3.86. The molecule has 0 radical (unpaired) electrons. The third-order valence-corrected chi connectivity index (χ3v) is 2.68. The Hall–Kier alpha value is -1.13. The molecule has 0 saturated carbocycles. The maximum Gasteiger partial charge on any atom is 0.321 e. The summed E-state index contributed by atoms with van der Waals surface area (Å²) in [7, 11) is 0. The Morgan fingerprint density at radius 3 is 2.88 bits per heavy atom. The Bertz CT molecular complexity index is 423. The van der Waals surface area contributed by atoms with Gasteiger partial charge in [0.05, 0.1) is 0 Å². The van der Waals surface area contributed by atoms with Gasteiger partial charge < -0.3 is 5.11 Å². The Morgan fingerprint density at radius 1 is 1.56 bits per heavy atom. The van der Waals surface area contributed by atoms with E-state index >= 15 is 0 Å². The second-order valence-corrected chi connectivity index (χ2v) is 3.86. The number of hydrogen-bond acceptors (Lipinski definition) is 2. The van der Waals surface area contributed by atoms with E-state index in [9.17, 15) is 9.18 Å². The van der Waals surface area contributed by atoms with Crippen LogP contribution >= 0.6 is 12.4 Å². The van der Waals surface area contributed by atoms with E-state index in [0.717, 1.165) is 11.1 Å². The number of aliphatic carboxylic acids is 1. The Labute approximate surface area is 99.1 Å². The molecule has 5 heteroatoms. The first-order valence-corrected chi connectivity index (χ1v) is 4.82. The van der Waals surface area contributed by atoms with Crippen LogP contribution in [0.4, 0.5) is 4.39 Å². The van der Waals surface area contributed by atoms with Gasteiger partial charge in [0.2, 0.25) is 0 Å². The fourth-order valence-corrected chi connectivity index (χ4v) is 1.92. The largest absolute Gasteiger partial charge is 0.480 e. The summed E-state index contributed by atoms with van der Waals surface area (Å²) in [6.45, 7) is 2.10. The van der Waals surface area contributed by atoms with Gasteiger partial charge in [0.25, 0.3) is 0 Å². The van der Waals surface area contributed by atoms with Gasteiger partial charge in [-0.2, -0.15) is 0 Å². The van der Waals surface area contributed by atoms with Crippen LogP contribution in [0.1, 0.15) is 16.7 Å². The number of aryl methyl sites for hydroxylation is 1. The van der Waals surface area contributed by atoms with Crippen molar-refractivity contribution in [2.45, 2.75) is 25.9 Å². The molecule has 0 unspecified atom stereocenters. The number of nitrogens with one attached hydrogen (secondary N) is 1. The fraction of sp³-hybridized carbons (Fsp3) is 0.364. The summed E-state index contributed by atoms with van der Waals surface area (Å²) in [5, 5.41) is 11.6. The zero-order valence-electron chi connectivity index (χ0n) is 8.79. The van der Waals surface area contributed by atoms with E-state index in [1.165, 1.54) is 6.07 Å². The molecule has 2 rings (SSSR count). The predicted octanol–water partition coefficient (Wildman–Crippen LogP) is 1.65. The van der Waals surface area contributed by atoms with Crippen LogP contribution in [-0.4, -0.2) is 17.1 Å². The molecule has 0 amide bonds. The highest BCUT2D eigenvalue weighted by atomic mass is 35.5. The molecule has 1 aromatic rings. The molecule has 1 aromatic carbocycles. The van der Waals surface area contributed by atoms with Crippen LogP contribution in [0.25, 0.3) is 0 Å². The van der Waals surface area contributed by atoms with Crippen LogP contribution in [0.3, 0.4) is 0 Å². The molecule has 2 N–H and O–H groups in total.